The van der Waals surface area contributed by atoms with E-state index in [1.165, 1.54) is 38.5 Å². The summed E-state index contributed by atoms with van der Waals surface area (Å²) in [5, 5.41) is -0.360. The van der Waals surface area contributed by atoms with Crippen LogP contribution in [0.3, 0.4) is 0 Å². The van der Waals surface area contributed by atoms with E-state index in [9.17, 15) is 18.9 Å². The minimum absolute atomic E-state index is 0.0547. The molecule has 28 heavy (non-hydrogen) atoms. The van der Waals surface area contributed by atoms with Gasteiger partial charge < -0.3 is 19.6 Å². The maximum atomic E-state index is 11.4. The van der Waals surface area contributed by atoms with Crippen molar-refractivity contribution in [1.29, 1.82) is 0 Å². The van der Waals surface area contributed by atoms with Crippen molar-refractivity contribution in [2.24, 2.45) is 0 Å². The van der Waals surface area contributed by atoms with Gasteiger partial charge in [-0.15, -0.1) is 0 Å². The molecule has 0 aliphatic heterocycles. The summed E-state index contributed by atoms with van der Waals surface area (Å²) < 4.78 is 21.8. The van der Waals surface area contributed by atoms with Gasteiger partial charge in [0, 0.05) is 6.16 Å². The predicted molar refractivity (Wildman–Crippen MR) is 123 cm³/mol. The Labute approximate surface area is 174 Å². The summed E-state index contributed by atoms with van der Waals surface area (Å²) in [7, 11) is -9.37. The number of hydrogen-bond donors (Lipinski definition) is 4. The zero-order valence-corrected chi connectivity index (χ0v) is 21.6. The average molecular weight is 461 g/mol. The molecule has 0 rings (SSSR count). The lowest BCUT2D eigenvalue weighted by Crippen LogP contribution is -2.38. The molecule has 0 aromatic heterocycles. The van der Waals surface area contributed by atoms with E-state index >= 15 is 0 Å². The van der Waals surface area contributed by atoms with Gasteiger partial charge in [-0.3, -0.25) is 9.13 Å². The Kier molecular flexibility index (Phi) is 17.8. The van der Waals surface area contributed by atoms with Crippen LogP contribution in [0.4, 0.5) is 0 Å². The van der Waals surface area contributed by atoms with E-state index in [1.807, 2.05) is 19.6 Å². The largest absolute Gasteiger partial charge is 0.325 e. The van der Waals surface area contributed by atoms with Crippen LogP contribution < -0.4 is 0 Å². The van der Waals surface area contributed by atoms with Crippen molar-refractivity contribution < 1.29 is 28.7 Å². The van der Waals surface area contributed by atoms with E-state index in [-0.39, 0.29) is 11.4 Å². The second-order valence-electron chi connectivity index (χ2n) is 8.83. The quantitative estimate of drug-likeness (QED) is 0.130. The smallest absolute Gasteiger partial charge is 0.324 e. The van der Waals surface area contributed by atoms with Crippen molar-refractivity contribution >= 4 is 23.3 Å². The molecule has 0 saturated carbocycles. The van der Waals surface area contributed by atoms with E-state index in [0.29, 0.717) is 12.8 Å². The van der Waals surface area contributed by atoms with Gasteiger partial charge >= 0.3 is 15.2 Å². The van der Waals surface area contributed by atoms with Gasteiger partial charge in [-0.25, -0.2) is 0 Å². The highest BCUT2D eigenvalue weighted by molar-refractivity contribution is 7.56. The van der Waals surface area contributed by atoms with Crippen molar-refractivity contribution in [1.82, 2.24) is 0 Å². The predicted octanol–water partition coefficient (Wildman–Crippen LogP) is 6.30. The first kappa shape index (κ1) is 30.7. The fraction of sp³-hybridized carbons (Fsp3) is 1.00. The average Bonchev–Trinajstić information content (AvgIpc) is 2.51. The standard InChI is InChI=1S/C11H27O3PSi.C8H19O3P/c1-5-6-7-8-9-10-11(15(12,13)14)16(2,3)4;1-2-3-4-5-6-7-8-12(9,10)11/h11H,5-10H2,1-4H3,(H2,12,13,14);2-8H2,1H3,(H2,9,10,11). The maximum Gasteiger partial charge on any atom is 0.325 e. The molecule has 0 amide bonds. The zero-order chi connectivity index (χ0) is 22.3. The summed E-state index contributed by atoms with van der Waals surface area (Å²) in [4.78, 5) is 35.8. The van der Waals surface area contributed by atoms with Crippen LogP contribution in [0, 0.1) is 0 Å². The van der Waals surface area contributed by atoms with Crippen LogP contribution in [0.1, 0.15) is 90.9 Å². The van der Waals surface area contributed by atoms with Gasteiger partial charge in [0.15, 0.2) is 0 Å². The molecule has 6 nitrogen and oxygen atoms in total. The van der Waals surface area contributed by atoms with Gasteiger partial charge in [-0.2, -0.15) is 0 Å². The highest BCUT2D eigenvalue weighted by Gasteiger charge is 2.39. The monoisotopic (exact) mass is 460 g/mol. The number of rotatable bonds is 15. The van der Waals surface area contributed by atoms with Gasteiger partial charge in [0.25, 0.3) is 0 Å². The molecule has 0 aromatic rings. The van der Waals surface area contributed by atoms with Crippen molar-refractivity contribution in [2.45, 2.75) is 116 Å². The van der Waals surface area contributed by atoms with Gasteiger partial charge in [-0.1, -0.05) is 97.7 Å². The molecule has 0 aliphatic rings. The minimum Gasteiger partial charge on any atom is -0.324 e. The van der Waals surface area contributed by atoms with Gasteiger partial charge in [0.1, 0.15) is 0 Å². The molecule has 0 saturated heterocycles. The van der Waals surface area contributed by atoms with Gasteiger partial charge in [-0.05, 0) is 12.8 Å². The van der Waals surface area contributed by atoms with Crippen LogP contribution in [-0.4, -0.2) is 39.1 Å². The second kappa shape index (κ2) is 16.2. The molecule has 0 heterocycles. The Bertz CT molecular complexity index is 456. The first-order chi connectivity index (χ1) is 12.8. The molecule has 0 radical (unpaired) electrons. The van der Waals surface area contributed by atoms with Crippen molar-refractivity contribution in [3.8, 4) is 0 Å². The molecule has 0 aliphatic carbocycles. The number of unbranched alkanes of at least 4 members (excludes halogenated alkanes) is 9. The molecular weight excluding hydrogens is 414 g/mol. The highest BCUT2D eigenvalue weighted by Crippen LogP contribution is 2.48. The van der Waals surface area contributed by atoms with Gasteiger partial charge in [0.2, 0.25) is 0 Å². The number of hydrogen-bond acceptors (Lipinski definition) is 2. The first-order valence-corrected chi connectivity index (χ1v) is 17.9. The van der Waals surface area contributed by atoms with E-state index in [4.69, 9.17) is 9.79 Å². The van der Waals surface area contributed by atoms with Crippen molar-refractivity contribution in [2.75, 3.05) is 6.16 Å². The van der Waals surface area contributed by atoms with Crippen molar-refractivity contribution in [3.05, 3.63) is 0 Å². The van der Waals surface area contributed by atoms with Crippen LogP contribution >= 0.6 is 15.2 Å². The van der Waals surface area contributed by atoms with E-state index < -0.39 is 23.3 Å². The SMILES string of the molecule is CCCCCCCC([Si](C)(C)C)P(=O)(O)O.CCCCCCCCP(=O)(O)O. The molecule has 1 atom stereocenters. The fourth-order valence-electron chi connectivity index (χ4n) is 3.15. The van der Waals surface area contributed by atoms with Crippen LogP contribution in [0.5, 0.6) is 0 Å². The molecular formula is C19H46O6P2Si. The highest BCUT2D eigenvalue weighted by atomic mass is 31.2. The third kappa shape index (κ3) is 21.2. The lowest BCUT2D eigenvalue weighted by Gasteiger charge is -2.29. The van der Waals surface area contributed by atoms with Crippen LogP contribution in [0.15, 0.2) is 0 Å². The first-order valence-electron chi connectivity index (χ1n) is 10.9. The third-order valence-corrected chi connectivity index (χ3v) is 12.4. The second-order valence-corrected chi connectivity index (χ2v) is 18.3. The third-order valence-electron chi connectivity index (χ3n) is 4.79. The normalized spacial score (nSPS) is 13.8. The Hall–Kier alpha value is 0.517. The molecule has 1 unspecified atom stereocenters. The molecule has 0 fully saturated rings. The molecule has 9 heteroatoms. The molecule has 4 N–H and O–H groups in total. The molecule has 0 aromatic carbocycles. The Balaban J connectivity index is 0. The van der Waals surface area contributed by atoms with Crippen LogP contribution in [-0.2, 0) is 9.13 Å². The maximum absolute atomic E-state index is 11.4. The summed E-state index contributed by atoms with van der Waals surface area (Å²) in [6, 6.07) is 0. The fourth-order valence-corrected chi connectivity index (χ4v) is 9.41. The summed E-state index contributed by atoms with van der Waals surface area (Å²) in [5.74, 6) is 0. The summed E-state index contributed by atoms with van der Waals surface area (Å²) in [5.41, 5.74) is 0. The lowest BCUT2D eigenvalue weighted by atomic mass is 10.1. The van der Waals surface area contributed by atoms with Crippen LogP contribution in [0.25, 0.3) is 0 Å². The van der Waals surface area contributed by atoms with Crippen molar-refractivity contribution in [3.63, 3.8) is 0 Å². The Morgan fingerprint density at radius 3 is 1.43 bits per heavy atom. The molecule has 172 valence electrons. The van der Waals surface area contributed by atoms with Crippen LogP contribution in [0.2, 0.25) is 19.6 Å². The Morgan fingerprint density at radius 2 is 1.07 bits per heavy atom. The molecule has 0 bridgehead atoms. The topological polar surface area (TPSA) is 115 Å². The Morgan fingerprint density at radius 1 is 0.679 bits per heavy atom. The minimum atomic E-state index is -3.89. The van der Waals surface area contributed by atoms with E-state index in [0.717, 1.165) is 25.7 Å². The lowest BCUT2D eigenvalue weighted by molar-refractivity contribution is 0.363. The summed E-state index contributed by atoms with van der Waals surface area (Å²) >= 11 is 0. The van der Waals surface area contributed by atoms with E-state index in [1.54, 1.807) is 0 Å². The summed E-state index contributed by atoms with van der Waals surface area (Å²) in [6.07, 6.45) is 12.8. The molecule has 0 spiro atoms. The zero-order valence-electron chi connectivity index (χ0n) is 18.8. The van der Waals surface area contributed by atoms with Gasteiger partial charge in [0.05, 0.1) is 13.4 Å². The summed E-state index contributed by atoms with van der Waals surface area (Å²) in [6.45, 7) is 10.4. The van der Waals surface area contributed by atoms with E-state index in [2.05, 4.69) is 13.8 Å².